The summed E-state index contributed by atoms with van der Waals surface area (Å²) in [5.41, 5.74) is 3.79. The maximum absolute atomic E-state index is 6.22. The molecule has 0 aliphatic heterocycles. The van der Waals surface area contributed by atoms with Gasteiger partial charge in [0, 0.05) is 16.8 Å². The number of methoxy groups -OCH3 is 1. The van der Waals surface area contributed by atoms with Crippen molar-refractivity contribution in [2.45, 2.75) is 6.92 Å². The van der Waals surface area contributed by atoms with Gasteiger partial charge in [0.05, 0.1) is 17.6 Å². The zero-order valence-electron chi connectivity index (χ0n) is 15.5. The highest BCUT2D eigenvalue weighted by molar-refractivity contribution is 6.32. The van der Waals surface area contributed by atoms with Gasteiger partial charge >= 0.3 is 0 Å². The third kappa shape index (κ3) is 3.85. The van der Waals surface area contributed by atoms with Gasteiger partial charge in [0.2, 0.25) is 5.95 Å². The molecule has 0 amide bonds. The minimum atomic E-state index is 0.481. The third-order valence-corrected chi connectivity index (χ3v) is 4.62. The number of aromatic nitrogens is 2. The van der Waals surface area contributed by atoms with Gasteiger partial charge in [-0.15, -0.1) is 0 Å². The number of anilines is 4. The molecule has 0 radical (unpaired) electrons. The zero-order valence-corrected chi connectivity index (χ0v) is 16.3. The Hall–Kier alpha value is -3.31. The van der Waals surface area contributed by atoms with Crippen LogP contribution < -0.4 is 15.4 Å². The molecule has 3 aromatic carbocycles. The van der Waals surface area contributed by atoms with Gasteiger partial charge in [-0.05, 0) is 49.4 Å². The molecule has 5 nitrogen and oxygen atoms in total. The van der Waals surface area contributed by atoms with E-state index in [0.29, 0.717) is 16.7 Å². The van der Waals surface area contributed by atoms with Crippen LogP contribution >= 0.6 is 11.6 Å². The Bertz CT molecular complexity index is 1130. The number of hydrogen-bond acceptors (Lipinski definition) is 5. The molecule has 0 fully saturated rings. The molecule has 1 aromatic heterocycles. The molecule has 4 rings (SSSR count). The maximum Gasteiger partial charge on any atom is 0.229 e. The number of rotatable bonds is 5. The molecule has 0 aliphatic carbocycles. The first-order chi connectivity index (χ1) is 13.6. The Kier molecular flexibility index (Phi) is 5.00. The van der Waals surface area contributed by atoms with Crippen LogP contribution in [0.5, 0.6) is 5.75 Å². The van der Waals surface area contributed by atoms with Gasteiger partial charge in [-0.3, -0.25) is 0 Å². The minimum Gasteiger partial charge on any atom is -0.495 e. The third-order valence-electron chi connectivity index (χ3n) is 4.33. The molecule has 0 saturated heterocycles. The number of halogens is 1. The predicted molar refractivity (Wildman–Crippen MR) is 115 cm³/mol. The largest absolute Gasteiger partial charge is 0.495 e. The van der Waals surface area contributed by atoms with Crippen molar-refractivity contribution in [3.8, 4) is 5.75 Å². The van der Waals surface area contributed by atoms with E-state index in [0.717, 1.165) is 28.1 Å². The van der Waals surface area contributed by atoms with Crippen LogP contribution in [0.4, 0.5) is 23.1 Å². The molecule has 0 unspecified atom stereocenters. The van der Waals surface area contributed by atoms with Crippen molar-refractivity contribution in [1.29, 1.82) is 0 Å². The fourth-order valence-electron chi connectivity index (χ4n) is 2.87. The van der Waals surface area contributed by atoms with E-state index in [1.54, 1.807) is 19.2 Å². The summed E-state index contributed by atoms with van der Waals surface area (Å²) >= 11 is 6.22. The Morgan fingerprint density at radius 3 is 2.36 bits per heavy atom. The Balaban J connectivity index is 1.71. The number of nitrogens with one attached hydrogen (secondary N) is 2. The monoisotopic (exact) mass is 390 g/mol. The van der Waals surface area contributed by atoms with Gasteiger partial charge in [0.1, 0.15) is 11.6 Å². The number of para-hydroxylation sites is 1. The molecule has 140 valence electrons. The first-order valence-electron chi connectivity index (χ1n) is 8.83. The highest BCUT2D eigenvalue weighted by Gasteiger charge is 2.09. The summed E-state index contributed by atoms with van der Waals surface area (Å²) in [4.78, 5) is 9.30. The van der Waals surface area contributed by atoms with Gasteiger partial charge in [-0.2, -0.15) is 4.98 Å². The van der Waals surface area contributed by atoms with E-state index < -0.39 is 0 Å². The average Bonchev–Trinajstić information content (AvgIpc) is 2.70. The lowest BCUT2D eigenvalue weighted by atomic mass is 10.2. The molecule has 0 saturated carbocycles. The predicted octanol–water partition coefficient (Wildman–Crippen LogP) is 6.09. The van der Waals surface area contributed by atoms with Crippen LogP contribution in [-0.2, 0) is 0 Å². The maximum atomic E-state index is 6.22. The van der Waals surface area contributed by atoms with Crippen LogP contribution in [-0.4, -0.2) is 17.1 Å². The van der Waals surface area contributed by atoms with Crippen molar-refractivity contribution < 1.29 is 4.74 Å². The van der Waals surface area contributed by atoms with E-state index in [9.17, 15) is 0 Å². The quantitative estimate of drug-likeness (QED) is 0.432. The van der Waals surface area contributed by atoms with Crippen molar-refractivity contribution in [2.75, 3.05) is 17.7 Å². The fourth-order valence-corrected chi connectivity index (χ4v) is 3.13. The molecule has 1 heterocycles. The van der Waals surface area contributed by atoms with Crippen LogP contribution in [0.25, 0.3) is 10.9 Å². The molecular weight excluding hydrogens is 372 g/mol. The van der Waals surface area contributed by atoms with E-state index in [4.69, 9.17) is 16.3 Å². The molecule has 0 aliphatic rings. The second-order valence-corrected chi connectivity index (χ2v) is 6.79. The highest BCUT2D eigenvalue weighted by Crippen LogP contribution is 2.30. The number of nitrogens with zero attached hydrogens (tertiary/aromatic N) is 2. The first kappa shape index (κ1) is 18.1. The smallest absolute Gasteiger partial charge is 0.229 e. The molecule has 0 bridgehead atoms. The van der Waals surface area contributed by atoms with Crippen molar-refractivity contribution in [2.24, 2.45) is 0 Å². The van der Waals surface area contributed by atoms with Crippen LogP contribution in [0, 0.1) is 6.92 Å². The SMILES string of the molecule is COc1ccc(Nc2nc(Nc3ccc(C)cc3)c3ccccc3n2)cc1Cl. The standard InChI is InChI=1S/C22H19ClN4O/c1-14-7-9-15(10-8-14)24-21-17-5-3-4-6-19(17)26-22(27-21)25-16-11-12-20(28-2)18(23)13-16/h3-13H,1-2H3,(H2,24,25,26,27). The van der Waals surface area contributed by atoms with Crippen molar-refractivity contribution in [3.63, 3.8) is 0 Å². The summed E-state index contributed by atoms with van der Waals surface area (Å²) in [6.45, 7) is 2.06. The molecular formula is C22H19ClN4O. The molecule has 0 atom stereocenters. The van der Waals surface area contributed by atoms with Crippen LogP contribution in [0.2, 0.25) is 5.02 Å². The van der Waals surface area contributed by atoms with Gasteiger partial charge in [-0.25, -0.2) is 4.98 Å². The van der Waals surface area contributed by atoms with Crippen molar-refractivity contribution in [1.82, 2.24) is 9.97 Å². The summed E-state index contributed by atoms with van der Waals surface area (Å²) in [6.07, 6.45) is 0. The van der Waals surface area contributed by atoms with Crippen LogP contribution in [0.15, 0.2) is 66.7 Å². The van der Waals surface area contributed by atoms with Gasteiger partial charge in [0.25, 0.3) is 0 Å². The lowest BCUT2D eigenvalue weighted by Gasteiger charge is -2.13. The Morgan fingerprint density at radius 1 is 0.857 bits per heavy atom. The number of benzene rings is 3. The number of fused-ring (bicyclic) bond motifs is 1. The average molecular weight is 391 g/mol. The molecule has 2 N–H and O–H groups in total. The Labute approximate surface area is 168 Å². The van der Waals surface area contributed by atoms with E-state index in [1.807, 2.05) is 42.5 Å². The summed E-state index contributed by atoms with van der Waals surface area (Å²) in [7, 11) is 1.59. The first-order valence-corrected chi connectivity index (χ1v) is 9.21. The van der Waals surface area contributed by atoms with E-state index in [-0.39, 0.29) is 0 Å². The summed E-state index contributed by atoms with van der Waals surface area (Å²) in [6, 6.07) is 21.5. The second-order valence-electron chi connectivity index (χ2n) is 6.38. The number of ether oxygens (including phenoxy) is 1. The summed E-state index contributed by atoms with van der Waals surface area (Å²) in [5, 5.41) is 8.08. The molecule has 4 aromatic rings. The van der Waals surface area contributed by atoms with Gasteiger partial charge in [-0.1, -0.05) is 41.4 Å². The number of hydrogen-bond donors (Lipinski definition) is 2. The zero-order chi connectivity index (χ0) is 19.5. The number of aryl methyl sites for hydroxylation is 1. The van der Waals surface area contributed by atoms with Gasteiger partial charge < -0.3 is 15.4 Å². The van der Waals surface area contributed by atoms with E-state index in [1.165, 1.54) is 5.56 Å². The van der Waals surface area contributed by atoms with E-state index >= 15 is 0 Å². The topological polar surface area (TPSA) is 59.1 Å². The lowest BCUT2D eigenvalue weighted by molar-refractivity contribution is 0.415. The lowest BCUT2D eigenvalue weighted by Crippen LogP contribution is -2.02. The van der Waals surface area contributed by atoms with Crippen LogP contribution in [0.3, 0.4) is 0 Å². The molecule has 0 spiro atoms. The van der Waals surface area contributed by atoms with E-state index in [2.05, 4.69) is 39.7 Å². The summed E-state index contributed by atoms with van der Waals surface area (Å²) in [5.74, 6) is 1.83. The molecule has 6 heteroatoms. The Morgan fingerprint density at radius 2 is 1.61 bits per heavy atom. The summed E-state index contributed by atoms with van der Waals surface area (Å²) < 4.78 is 5.20. The van der Waals surface area contributed by atoms with Crippen molar-refractivity contribution >= 4 is 45.6 Å². The van der Waals surface area contributed by atoms with Crippen molar-refractivity contribution in [3.05, 3.63) is 77.3 Å². The normalized spacial score (nSPS) is 10.7. The minimum absolute atomic E-state index is 0.481. The van der Waals surface area contributed by atoms with Crippen LogP contribution in [0.1, 0.15) is 5.56 Å². The molecule has 28 heavy (non-hydrogen) atoms. The van der Waals surface area contributed by atoms with Gasteiger partial charge in [0.15, 0.2) is 0 Å². The highest BCUT2D eigenvalue weighted by atomic mass is 35.5. The second kappa shape index (κ2) is 7.74. The fraction of sp³-hybridized carbons (Fsp3) is 0.0909.